The van der Waals surface area contributed by atoms with Crippen LogP contribution in [0.1, 0.15) is 33.6 Å². The van der Waals surface area contributed by atoms with E-state index in [0.717, 1.165) is 11.8 Å². The molecule has 0 amide bonds. The van der Waals surface area contributed by atoms with Crippen molar-refractivity contribution >= 4 is 34.8 Å². The molecule has 0 aromatic carbocycles. The number of alkyl halides is 2. The number of nitrogens with one attached hydrogen (secondary N) is 1. The lowest BCUT2D eigenvalue weighted by atomic mass is 10.0. The number of aliphatic imine (C=N–C) groups is 1. The van der Waals surface area contributed by atoms with Crippen LogP contribution in [-0.4, -0.2) is 73.4 Å². The second kappa shape index (κ2) is 12.6. The summed E-state index contributed by atoms with van der Waals surface area (Å²) in [7, 11) is 1.49. The van der Waals surface area contributed by atoms with E-state index in [1.165, 1.54) is 27.8 Å². The Morgan fingerprint density at radius 3 is 2.34 bits per heavy atom. The van der Waals surface area contributed by atoms with Crippen LogP contribution in [0.4, 0.5) is 8.78 Å². The predicted molar refractivity (Wildman–Crippen MR) is 101 cm³/mol. The summed E-state index contributed by atoms with van der Waals surface area (Å²) in [5.41, 5.74) is -0.621. The van der Waals surface area contributed by atoms with Crippen molar-refractivity contribution in [2.24, 2.45) is 4.99 Å². The summed E-state index contributed by atoms with van der Waals surface area (Å²) < 4.78 is 46.0. The number of esters is 3. The van der Waals surface area contributed by atoms with Crippen LogP contribution in [0.15, 0.2) is 4.99 Å². The van der Waals surface area contributed by atoms with Gasteiger partial charge in [0.05, 0.1) is 0 Å². The van der Waals surface area contributed by atoms with Crippen molar-refractivity contribution in [3.63, 3.8) is 0 Å². The van der Waals surface area contributed by atoms with Crippen LogP contribution in [-0.2, 0) is 33.3 Å². The molecule has 1 aliphatic rings. The van der Waals surface area contributed by atoms with Gasteiger partial charge in [0.15, 0.2) is 11.3 Å². The standard InChI is InChI=1S/C17H26F2N2O7S/c1-9(22)25-8-13-16(27-11(3)24)12(26-10(2)23)7-15(28-13)29-17(20-4)21-6-5-14(18)19/h12-16H,5-8H2,1-4H3,(H,20,21)/t12-,13-,15+,16+/m1/s1. The summed E-state index contributed by atoms with van der Waals surface area (Å²) >= 11 is 1.11. The molecule has 1 heterocycles. The largest absolute Gasteiger partial charge is 0.463 e. The Morgan fingerprint density at radius 1 is 1.17 bits per heavy atom. The average Bonchev–Trinajstić information content (AvgIpc) is 2.60. The highest BCUT2D eigenvalue weighted by Gasteiger charge is 2.44. The van der Waals surface area contributed by atoms with E-state index in [9.17, 15) is 23.2 Å². The lowest BCUT2D eigenvalue weighted by Gasteiger charge is -2.39. The minimum atomic E-state index is -2.44. The second-order valence-corrected chi connectivity index (χ2v) is 7.27. The molecule has 1 fully saturated rings. The summed E-state index contributed by atoms with van der Waals surface area (Å²) in [5, 5.41) is 3.14. The smallest absolute Gasteiger partial charge is 0.303 e. The summed E-state index contributed by atoms with van der Waals surface area (Å²) in [6, 6.07) is 0. The third kappa shape index (κ3) is 9.88. The Morgan fingerprint density at radius 2 is 1.83 bits per heavy atom. The third-order valence-electron chi connectivity index (χ3n) is 3.64. The number of carbonyl (C=O) groups excluding carboxylic acids is 3. The lowest BCUT2D eigenvalue weighted by molar-refractivity contribution is -0.204. The maximum Gasteiger partial charge on any atom is 0.303 e. The first-order valence-electron chi connectivity index (χ1n) is 8.91. The number of carbonyl (C=O) groups is 3. The zero-order chi connectivity index (χ0) is 22.0. The molecule has 0 spiro atoms. The number of thioether (sulfide) groups is 1. The monoisotopic (exact) mass is 440 g/mol. The van der Waals surface area contributed by atoms with E-state index in [2.05, 4.69) is 10.3 Å². The number of ether oxygens (including phenoxy) is 4. The molecule has 4 atom stereocenters. The van der Waals surface area contributed by atoms with Gasteiger partial charge < -0.3 is 24.3 Å². The predicted octanol–water partition coefficient (Wildman–Crippen LogP) is 1.49. The Labute approximate surface area is 171 Å². The molecular formula is C17H26F2N2O7S. The van der Waals surface area contributed by atoms with E-state index < -0.39 is 48.1 Å². The minimum absolute atomic E-state index is 0.0182. The van der Waals surface area contributed by atoms with Gasteiger partial charge in [-0.2, -0.15) is 0 Å². The average molecular weight is 440 g/mol. The van der Waals surface area contributed by atoms with Gasteiger partial charge in [-0.05, 0) is 0 Å². The SMILES string of the molecule is C/N=C(/NCCC(F)F)S[C@H]1C[C@@H](OC(C)=O)[C@H](OC(C)=O)[C@@H](COC(C)=O)O1. The summed E-state index contributed by atoms with van der Waals surface area (Å²) in [4.78, 5) is 38.2. The number of amidine groups is 1. The molecule has 1 rings (SSSR count). The number of halogens is 2. The topological polar surface area (TPSA) is 113 Å². The van der Waals surface area contributed by atoms with E-state index in [1.54, 1.807) is 0 Å². The van der Waals surface area contributed by atoms with Gasteiger partial charge in [-0.15, -0.1) is 0 Å². The van der Waals surface area contributed by atoms with Crippen molar-refractivity contribution in [2.75, 3.05) is 20.2 Å². The van der Waals surface area contributed by atoms with Crippen LogP contribution in [0.2, 0.25) is 0 Å². The first-order chi connectivity index (χ1) is 13.6. The Balaban J connectivity index is 2.91. The molecule has 1 aliphatic heterocycles. The highest BCUT2D eigenvalue weighted by molar-refractivity contribution is 8.14. The van der Waals surface area contributed by atoms with Crippen LogP contribution in [0, 0.1) is 0 Å². The van der Waals surface area contributed by atoms with Gasteiger partial charge in [0.1, 0.15) is 24.3 Å². The number of hydrogen-bond acceptors (Lipinski definition) is 9. The van der Waals surface area contributed by atoms with Crippen LogP contribution in [0.3, 0.4) is 0 Å². The number of nitrogens with zero attached hydrogens (tertiary/aromatic N) is 1. The molecule has 0 saturated carbocycles. The van der Waals surface area contributed by atoms with Crippen molar-refractivity contribution in [2.45, 2.75) is 63.8 Å². The van der Waals surface area contributed by atoms with Gasteiger partial charge >= 0.3 is 17.9 Å². The molecule has 12 heteroatoms. The fourth-order valence-electron chi connectivity index (χ4n) is 2.56. The normalized spacial score (nSPS) is 24.7. The Bertz CT molecular complexity index is 606. The fourth-order valence-corrected chi connectivity index (χ4v) is 3.58. The van der Waals surface area contributed by atoms with Gasteiger partial charge in [0.25, 0.3) is 0 Å². The van der Waals surface area contributed by atoms with E-state index in [1.807, 2.05) is 0 Å². The molecule has 1 N–H and O–H groups in total. The molecule has 1 saturated heterocycles. The quantitative estimate of drug-likeness (QED) is 0.260. The van der Waals surface area contributed by atoms with Crippen molar-refractivity contribution in [1.82, 2.24) is 5.32 Å². The third-order valence-corrected chi connectivity index (χ3v) is 4.76. The molecule has 0 unspecified atom stereocenters. The van der Waals surface area contributed by atoms with Crippen LogP contribution in [0.5, 0.6) is 0 Å². The Hall–Kier alpha value is -1.95. The van der Waals surface area contributed by atoms with Crippen molar-refractivity contribution in [3.8, 4) is 0 Å². The van der Waals surface area contributed by atoms with E-state index >= 15 is 0 Å². The van der Waals surface area contributed by atoms with Gasteiger partial charge in [0, 0.05) is 47.2 Å². The molecule has 9 nitrogen and oxygen atoms in total. The molecule has 0 aliphatic carbocycles. The summed E-state index contributed by atoms with van der Waals surface area (Å²) in [6.07, 6.45) is -5.34. The first kappa shape index (κ1) is 25.1. The van der Waals surface area contributed by atoms with Crippen LogP contribution in [0.25, 0.3) is 0 Å². The molecule has 0 aromatic heterocycles. The molecular weight excluding hydrogens is 414 g/mol. The molecule has 0 aromatic rings. The van der Waals surface area contributed by atoms with Gasteiger partial charge in [0.2, 0.25) is 6.43 Å². The van der Waals surface area contributed by atoms with Gasteiger partial charge in [-0.3, -0.25) is 19.4 Å². The molecule has 0 bridgehead atoms. The number of hydrogen-bond donors (Lipinski definition) is 1. The lowest BCUT2D eigenvalue weighted by Crippen LogP contribution is -2.53. The maximum absolute atomic E-state index is 12.3. The minimum Gasteiger partial charge on any atom is -0.463 e. The highest BCUT2D eigenvalue weighted by Crippen LogP contribution is 2.32. The fraction of sp³-hybridized carbons (Fsp3) is 0.765. The molecule has 166 valence electrons. The Kier molecular flexibility index (Phi) is 10.9. The van der Waals surface area contributed by atoms with E-state index in [0.29, 0.717) is 5.17 Å². The summed E-state index contributed by atoms with van der Waals surface area (Å²) in [6.45, 7) is 3.43. The van der Waals surface area contributed by atoms with Crippen molar-refractivity contribution in [3.05, 3.63) is 0 Å². The molecule has 29 heavy (non-hydrogen) atoms. The zero-order valence-electron chi connectivity index (χ0n) is 16.7. The van der Waals surface area contributed by atoms with Crippen molar-refractivity contribution < 1.29 is 42.1 Å². The van der Waals surface area contributed by atoms with Gasteiger partial charge in [-0.25, -0.2) is 8.78 Å². The van der Waals surface area contributed by atoms with Crippen LogP contribution < -0.4 is 5.32 Å². The first-order valence-corrected chi connectivity index (χ1v) is 9.79. The van der Waals surface area contributed by atoms with Gasteiger partial charge in [-0.1, -0.05) is 11.8 Å². The van der Waals surface area contributed by atoms with Crippen molar-refractivity contribution in [1.29, 1.82) is 0 Å². The zero-order valence-corrected chi connectivity index (χ0v) is 17.5. The van der Waals surface area contributed by atoms with E-state index in [-0.39, 0.29) is 26.0 Å². The van der Waals surface area contributed by atoms with Crippen LogP contribution >= 0.6 is 11.8 Å². The highest BCUT2D eigenvalue weighted by atomic mass is 32.2. The van der Waals surface area contributed by atoms with E-state index in [4.69, 9.17) is 18.9 Å². The number of rotatable bonds is 8. The molecule has 0 radical (unpaired) electrons. The summed E-state index contributed by atoms with van der Waals surface area (Å²) in [5.74, 6) is -1.75. The second-order valence-electron chi connectivity index (χ2n) is 6.12. The maximum atomic E-state index is 12.3.